The number of nitrogens with one attached hydrogen (secondary N) is 1. The van der Waals surface area contributed by atoms with Gasteiger partial charge in [-0.05, 0) is 24.8 Å². The fourth-order valence-electron chi connectivity index (χ4n) is 2.04. The molecule has 0 aliphatic heterocycles. The SMILES string of the molecule is CC1CCCC1NC(=O)c1cc(S)cs1. The maximum absolute atomic E-state index is 11.8. The van der Waals surface area contributed by atoms with E-state index in [0.29, 0.717) is 12.0 Å². The molecular weight excluding hydrogens is 226 g/mol. The first-order valence-corrected chi connectivity index (χ1v) is 6.58. The third-order valence-corrected chi connectivity index (χ3v) is 4.35. The highest BCUT2D eigenvalue weighted by atomic mass is 32.1. The molecule has 1 aliphatic carbocycles. The van der Waals surface area contributed by atoms with Gasteiger partial charge in [-0.1, -0.05) is 13.3 Å². The number of hydrogen-bond donors (Lipinski definition) is 2. The number of thiol groups is 1. The number of hydrogen-bond acceptors (Lipinski definition) is 3. The van der Waals surface area contributed by atoms with Crippen LogP contribution in [0.3, 0.4) is 0 Å². The Balaban J connectivity index is 1.97. The van der Waals surface area contributed by atoms with Crippen molar-refractivity contribution in [1.29, 1.82) is 0 Å². The first-order valence-electron chi connectivity index (χ1n) is 5.25. The van der Waals surface area contributed by atoms with Gasteiger partial charge in [0.25, 0.3) is 5.91 Å². The monoisotopic (exact) mass is 241 g/mol. The van der Waals surface area contributed by atoms with Crippen LogP contribution in [0, 0.1) is 5.92 Å². The molecule has 82 valence electrons. The van der Waals surface area contributed by atoms with Crippen LogP contribution in [0.4, 0.5) is 0 Å². The lowest BCUT2D eigenvalue weighted by Crippen LogP contribution is -2.35. The van der Waals surface area contributed by atoms with E-state index < -0.39 is 0 Å². The average Bonchev–Trinajstić information content (AvgIpc) is 2.77. The maximum atomic E-state index is 11.8. The van der Waals surface area contributed by atoms with E-state index in [2.05, 4.69) is 24.9 Å². The summed E-state index contributed by atoms with van der Waals surface area (Å²) in [7, 11) is 0. The van der Waals surface area contributed by atoms with Crippen molar-refractivity contribution in [3.63, 3.8) is 0 Å². The molecule has 0 aromatic carbocycles. The fraction of sp³-hybridized carbons (Fsp3) is 0.545. The number of rotatable bonds is 2. The summed E-state index contributed by atoms with van der Waals surface area (Å²) >= 11 is 5.65. The number of amides is 1. The zero-order chi connectivity index (χ0) is 10.8. The lowest BCUT2D eigenvalue weighted by molar-refractivity contribution is 0.0933. The van der Waals surface area contributed by atoms with Crippen LogP contribution in [0.25, 0.3) is 0 Å². The molecule has 1 aromatic rings. The maximum Gasteiger partial charge on any atom is 0.261 e. The highest BCUT2D eigenvalue weighted by molar-refractivity contribution is 7.80. The molecule has 2 unspecified atom stereocenters. The molecule has 1 aliphatic rings. The minimum Gasteiger partial charge on any atom is -0.348 e. The summed E-state index contributed by atoms with van der Waals surface area (Å²) in [5.74, 6) is 0.670. The predicted molar refractivity (Wildman–Crippen MR) is 65.8 cm³/mol. The normalized spacial score (nSPS) is 25.5. The topological polar surface area (TPSA) is 29.1 Å². The molecule has 0 saturated heterocycles. The third kappa shape index (κ3) is 2.55. The van der Waals surface area contributed by atoms with Gasteiger partial charge in [-0.25, -0.2) is 0 Å². The Morgan fingerprint density at radius 3 is 2.93 bits per heavy atom. The Labute approximate surface area is 99.5 Å². The molecule has 0 bridgehead atoms. The molecule has 0 radical (unpaired) electrons. The van der Waals surface area contributed by atoms with Gasteiger partial charge >= 0.3 is 0 Å². The first-order chi connectivity index (χ1) is 7.16. The van der Waals surface area contributed by atoms with E-state index in [1.807, 2.05) is 11.4 Å². The second-order valence-electron chi connectivity index (χ2n) is 4.16. The molecule has 1 fully saturated rings. The molecule has 2 rings (SSSR count). The van der Waals surface area contributed by atoms with Crippen LogP contribution in [0.2, 0.25) is 0 Å². The van der Waals surface area contributed by atoms with Gasteiger partial charge in [0.1, 0.15) is 0 Å². The molecule has 1 aromatic heterocycles. The summed E-state index contributed by atoms with van der Waals surface area (Å²) in [4.78, 5) is 13.5. The Morgan fingerprint density at radius 1 is 1.60 bits per heavy atom. The van der Waals surface area contributed by atoms with Gasteiger partial charge in [0.15, 0.2) is 0 Å². The summed E-state index contributed by atoms with van der Waals surface area (Å²) in [5.41, 5.74) is 0. The minimum absolute atomic E-state index is 0.0547. The molecule has 1 amide bonds. The van der Waals surface area contributed by atoms with Crippen LogP contribution in [-0.2, 0) is 0 Å². The predicted octanol–water partition coefficient (Wildman–Crippen LogP) is 2.96. The Kier molecular flexibility index (Phi) is 3.36. The largest absolute Gasteiger partial charge is 0.348 e. The van der Waals surface area contributed by atoms with Crippen LogP contribution in [0.15, 0.2) is 16.3 Å². The van der Waals surface area contributed by atoms with Gasteiger partial charge in [0.2, 0.25) is 0 Å². The molecule has 15 heavy (non-hydrogen) atoms. The molecule has 0 spiro atoms. The first kappa shape index (κ1) is 11.0. The molecule has 4 heteroatoms. The van der Waals surface area contributed by atoms with E-state index in [-0.39, 0.29) is 5.91 Å². The zero-order valence-electron chi connectivity index (χ0n) is 8.69. The quantitative estimate of drug-likeness (QED) is 0.766. The lowest BCUT2D eigenvalue weighted by Gasteiger charge is -2.16. The van der Waals surface area contributed by atoms with Gasteiger partial charge < -0.3 is 5.32 Å². The van der Waals surface area contributed by atoms with Crippen LogP contribution >= 0.6 is 24.0 Å². The van der Waals surface area contributed by atoms with Gasteiger partial charge in [0, 0.05) is 16.3 Å². The van der Waals surface area contributed by atoms with Crippen LogP contribution in [-0.4, -0.2) is 11.9 Å². The van der Waals surface area contributed by atoms with Gasteiger partial charge in [-0.3, -0.25) is 4.79 Å². The smallest absolute Gasteiger partial charge is 0.261 e. The summed E-state index contributed by atoms with van der Waals surface area (Å²) in [6.07, 6.45) is 3.58. The summed E-state index contributed by atoms with van der Waals surface area (Å²) in [5, 5.41) is 4.98. The van der Waals surface area contributed by atoms with Crippen molar-refractivity contribution < 1.29 is 4.79 Å². The molecular formula is C11H15NOS2. The summed E-state index contributed by atoms with van der Waals surface area (Å²) < 4.78 is 0. The summed E-state index contributed by atoms with van der Waals surface area (Å²) in [6, 6.07) is 2.19. The third-order valence-electron chi connectivity index (χ3n) is 2.99. The van der Waals surface area contributed by atoms with Crippen LogP contribution < -0.4 is 5.32 Å². The lowest BCUT2D eigenvalue weighted by atomic mass is 10.1. The highest BCUT2D eigenvalue weighted by Crippen LogP contribution is 2.25. The van der Waals surface area contributed by atoms with Crippen molar-refractivity contribution in [3.8, 4) is 0 Å². The molecule has 2 nitrogen and oxygen atoms in total. The van der Waals surface area contributed by atoms with Gasteiger partial charge in [-0.15, -0.1) is 24.0 Å². The van der Waals surface area contributed by atoms with Gasteiger partial charge in [-0.2, -0.15) is 0 Å². The van der Waals surface area contributed by atoms with Crippen molar-refractivity contribution in [2.45, 2.75) is 37.1 Å². The van der Waals surface area contributed by atoms with Gasteiger partial charge in [0.05, 0.1) is 4.88 Å². The second-order valence-corrected chi connectivity index (χ2v) is 5.58. The Hall–Kier alpha value is -0.480. The van der Waals surface area contributed by atoms with E-state index >= 15 is 0 Å². The number of thiophene rings is 1. The molecule has 2 atom stereocenters. The Bertz CT molecular complexity index is 361. The highest BCUT2D eigenvalue weighted by Gasteiger charge is 2.25. The Morgan fingerprint density at radius 2 is 2.40 bits per heavy atom. The van der Waals surface area contributed by atoms with Crippen LogP contribution in [0.5, 0.6) is 0 Å². The van der Waals surface area contributed by atoms with E-state index in [1.54, 1.807) is 0 Å². The summed E-state index contributed by atoms with van der Waals surface area (Å²) in [6.45, 7) is 2.20. The molecule has 1 saturated carbocycles. The van der Waals surface area contributed by atoms with Crippen molar-refractivity contribution in [1.82, 2.24) is 5.32 Å². The van der Waals surface area contributed by atoms with Crippen molar-refractivity contribution >= 4 is 29.9 Å². The van der Waals surface area contributed by atoms with Crippen molar-refractivity contribution in [3.05, 3.63) is 16.3 Å². The van der Waals surface area contributed by atoms with E-state index in [9.17, 15) is 4.79 Å². The van der Waals surface area contributed by atoms with E-state index in [0.717, 1.165) is 16.2 Å². The number of carbonyl (C=O) groups is 1. The fourth-order valence-corrected chi connectivity index (χ4v) is 3.10. The van der Waals surface area contributed by atoms with Crippen molar-refractivity contribution in [2.75, 3.05) is 0 Å². The molecule has 1 N–H and O–H groups in total. The average molecular weight is 241 g/mol. The number of carbonyl (C=O) groups excluding carboxylic acids is 1. The standard InChI is InChI=1S/C11H15NOS2/c1-7-3-2-4-9(7)12-11(13)10-5-8(14)6-15-10/h5-7,9,14H,2-4H2,1H3,(H,12,13). The van der Waals surface area contributed by atoms with E-state index in [1.165, 1.54) is 24.2 Å². The van der Waals surface area contributed by atoms with E-state index in [4.69, 9.17) is 0 Å². The zero-order valence-corrected chi connectivity index (χ0v) is 10.4. The molecule has 1 heterocycles. The minimum atomic E-state index is 0.0547. The second kappa shape index (κ2) is 4.58. The van der Waals surface area contributed by atoms with Crippen LogP contribution in [0.1, 0.15) is 35.9 Å². The van der Waals surface area contributed by atoms with Crippen molar-refractivity contribution in [2.24, 2.45) is 5.92 Å².